The largest absolute Gasteiger partial charge is 2.00 e. The smallest absolute Gasteiger partial charge is 0.696 e. The van der Waals surface area contributed by atoms with E-state index in [1.54, 1.807) is 0 Å². The first-order chi connectivity index (χ1) is 18.0. The van der Waals surface area contributed by atoms with Crippen LogP contribution in [0.1, 0.15) is 45.0 Å². The van der Waals surface area contributed by atoms with Crippen molar-refractivity contribution >= 4 is 25.3 Å². The van der Waals surface area contributed by atoms with Crippen molar-refractivity contribution in [2.24, 2.45) is 0 Å². The van der Waals surface area contributed by atoms with Gasteiger partial charge in [0.25, 0.3) is 0 Å². The number of nitrogens with zero attached hydrogens (tertiary/aromatic N) is 6. The van der Waals surface area contributed by atoms with Crippen molar-refractivity contribution in [3.8, 4) is 10.8 Å². The molecule has 0 unspecified atom stereocenters. The zero-order valence-electron chi connectivity index (χ0n) is 23.7. The summed E-state index contributed by atoms with van der Waals surface area (Å²) in [6.07, 6.45) is 7.30. The second-order valence-corrected chi connectivity index (χ2v) is 8.45. The molecule has 0 aliphatic heterocycles. The average molecular weight is 603 g/mol. The van der Waals surface area contributed by atoms with E-state index in [1.165, 1.54) is 33.1 Å². The summed E-state index contributed by atoms with van der Waals surface area (Å²) in [4.78, 5) is 16.2. The van der Waals surface area contributed by atoms with E-state index >= 15 is 0 Å². The van der Waals surface area contributed by atoms with Gasteiger partial charge in [0.1, 0.15) is 0 Å². The van der Waals surface area contributed by atoms with Crippen LogP contribution in [0.25, 0.3) is 0 Å². The molecule has 0 bridgehead atoms. The zero-order chi connectivity index (χ0) is 29.3. The summed E-state index contributed by atoms with van der Waals surface area (Å²) in [6, 6.07) is 16.2. The zero-order valence-corrected chi connectivity index (χ0v) is 26.4. The third kappa shape index (κ3) is 27.4. The molecular weight excluding hydrogens is 567 g/mol. The van der Waals surface area contributed by atoms with E-state index in [1.807, 2.05) is 76.7 Å². The summed E-state index contributed by atoms with van der Waals surface area (Å²) in [5.74, 6) is 0. The number of nitriles is 2. The molecule has 0 radical (unpaired) electrons. The molecule has 0 spiro atoms. The SMILES string of the molecule is Cc1ccnc(C)c1.Cc1ccnc(C)c1.Cc1ccnc(C)c1.Cc1ccnc(C)c1.N#C[S-].N#C[S-].[Ni+2]. The van der Waals surface area contributed by atoms with Crippen LogP contribution in [-0.2, 0) is 41.7 Å². The van der Waals surface area contributed by atoms with Gasteiger partial charge in [-0.05, 0) is 126 Å². The molecule has 4 aromatic heterocycles. The average Bonchev–Trinajstić information content (AvgIpc) is 2.81. The Kier molecular flexibility index (Phi) is 26.8. The minimum absolute atomic E-state index is 0. The van der Waals surface area contributed by atoms with Crippen LogP contribution < -0.4 is 0 Å². The molecule has 0 amide bonds. The standard InChI is InChI=1S/4C7H9N.2CHNS.Ni/c4*1-6-3-4-8-7(2)5-6;2*2-1-3;/h4*3-5H,1-2H3;2*3H;/q;;;;;;+2/p-2. The van der Waals surface area contributed by atoms with Gasteiger partial charge in [-0.1, -0.05) is 10.8 Å². The predicted molar refractivity (Wildman–Crippen MR) is 161 cm³/mol. The molecule has 0 saturated carbocycles. The molecule has 4 heterocycles. The minimum atomic E-state index is 0. The first kappa shape index (κ1) is 40.0. The quantitative estimate of drug-likeness (QED) is 0.123. The first-order valence-electron chi connectivity index (χ1n) is 11.6. The van der Waals surface area contributed by atoms with Gasteiger partial charge in [-0.3, -0.25) is 19.9 Å². The summed E-state index contributed by atoms with van der Waals surface area (Å²) in [6.45, 7) is 16.2. The molecule has 6 nitrogen and oxygen atoms in total. The number of aryl methyl sites for hydroxylation is 8. The monoisotopic (exact) mass is 602 g/mol. The third-order valence-corrected chi connectivity index (χ3v) is 4.21. The van der Waals surface area contributed by atoms with Gasteiger partial charge in [-0.25, -0.2) is 10.5 Å². The van der Waals surface area contributed by atoms with E-state index in [-0.39, 0.29) is 16.5 Å². The molecule has 39 heavy (non-hydrogen) atoms. The second kappa shape index (κ2) is 26.1. The van der Waals surface area contributed by atoms with Gasteiger partial charge in [0.2, 0.25) is 0 Å². The van der Waals surface area contributed by atoms with E-state index in [9.17, 15) is 0 Å². The van der Waals surface area contributed by atoms with E-state index < -0.39 is 0 Å². The maximum Gasteiger partial charge on any atom is 2.00 e. The molecule has 0 N–H and O–H groups in total. The third-order valence-electron chi connectivity index (χ3n) is 4.21. The van der Waals surface area contributed by atoms with Gasteiger partial charge in [0.15, 0.2) is 0 Å². The minimum Gasteiger partial charge on any atom is -0.696 e. The fourth-order valence-electron chi connectivity index (χ4n) is 2.75. The molecule has 208 valence electrons. The number of rotatable bonds is 0. The maximum atomic E-state index is 7.13. The molecule has 0 aliphatic carbocycles. The van der Waals surface area contributed by atoms with Gasteiger partial charge >= 0.3 is 16.5 Å². The topological polar surface area (TPSA) is 99.1 Å². The van der Waals surface area contributed by atoms with E-state index in [0.29, 0.717) is 0 Å². The van der Waals surface area contributed by atoms with Crippen molar-refractivity contribution in [2.45, 2.75) is 55.4 Å². The fourth-order valence-corrected chi connectivity index (χ4v) is 2.75. The van der Waals surface area contributed by atoms with Gasteiger partial charge in [-0.15, -0.1) is 0 Å². The number of thiocyanates is 2. The molecular formula is C30H36N6NiS2. The van der Waals surface area contributed by atoms with Crippen LogP contribution in [0.2, 0.25) is 0 Å². The fraction of sp³-hybridized carbons (Fsp3) is 0.267. The van der Waals surface area contributed by atoms with Crippen LogP contribution >= 0.6 is 0 Å². The molecule has 4 rings (SSSR count). The predicted octanol–water partition coefficient (Wildman–Crippen LogP) is 6.82. The molecule has 9 heteroatoms. The van der Waals surface area contributed by atoms with Crippen molar-refractivity contribution in [1.29, 1.82) is 10.5 Å². The summed E-state index contributed by atoms with van der Waals surface area (Å²) in [7, 11) is 0. The van der Waals surface area contributed by atoms with Crippen molar-refractivity contribution in [1.82, 2.24) is 19.9 Å². The van der Waals surface area contributed by atoms with Crippen molar-refractivity contribution < 1.29 is 16.5 Å². The Morgan fingerprint density at radius 1 is 0.462 bits per heavy atom. The first-order valence-corrected chi connectivity index (χ1v) is 12.4. The van der Waals surface area contributed by atoms with Crippen LogP contribution in [0, 0.1) is 76.7 Å². The van der Waals surface area contributed by atoms with E-state index in [0.717, 1.165) is 22.8 Å². The van der Waals surface area contributed by atoms with Crippen molar-refractivity contribution in [3.05, 3.63) is 118 Å². The van der Waals surface area contributed by atoms with E-state index in [4.69, 9.17) is 10.5 Å². The van der Waals surface area contributed by atoms with Crippen LogP contribution in [0.4, 0.5) is 0 Å². The Balaban J connectivity index is -0.000000412. The molecule has 0 atom stereocenters. The normalized spacial score (nSPS) is 7.95. The summed E-state index contributed by atoms with van der Waals surface area (Å²) in [5.41, 5.74) is 9.45. The maximum absolute atomic E-state index is 7.13. The Hall–Kier alpha value is -3.49. The summed E-state index contributed by atoms with van der Waals surface area (Å²) < 4.78 is 0. The van der Waals surface area contributed by atoms with Crippen LogP contribution in [0.3, 0.4) is 0 Å². The summed E-state index contributed by atoms with van der Waals surface area (Å²) in [5, 5.41) is 16.9. The van der Waals surface area contributed by atoms with Gasteiger partial charge in [-0.2, -0.15) is 0 Å². The van der Waals surface area contributed by atoms with Gasteiger partial charge < -0.3 is 25.3 Å². The van der Waals surface area contributed by atoms with Crippen LogP contribution in [0.5, 0.6) is 0 Å². The van der Waals surface area contributed by atoms with Crippen molar-refractivity contribution in [3.63, 3.8) is 0 Å². The molecule has 0 saturated heterocycles. The number of hydrogen-bond donors (Lipinski definition) is 0. The Labute approximate surface area is 255 Å². The van der Waals surface area contributed by atoms with Gasteiger partial charge in [0.05, 0.1) is 0 Å². The van der Waals surface area contributed by atoms with E-state index in [2.05, 4.69) is 97.2 Å². The molecule has 0 fully saturated rings. The Morgan fingerprint density at radius 3 is 0.692 bits per heavy atom. The number of pyridine rings is 4. The second-order valence-electron chi connectivity index (χ2n) is 8.08. The van der Waals surface area contributed by atoms with Crippen LogP contribution in [0.15, 0.2) is 73.3 Å². The molecule has 0 aliphatic rings. The van der Waals surface area contributed by atoms with Crippen LogP contribution in [-0.4, -0.2) is 19.9 Å². The Bertz CT molecular complexity index is 1020. The Morgan fingerprint density at radius 2 is 0.615 bits per heavy atom. The van der Waals surface area contributed by atoms with Crippen molar-refractivity contribution in [2.75, 3.05) is 0 Å². The number of hydrogen-bond acceptors (Lipinski definition) is 8. The summed E-state index contributed by atoms with van der Waals surface area (Å²) >= 11 is 7.40. The molecule has 0 aromatic carbocycles. The number of aromatic nitrogens is 4. The molecule has 4 aromatic rings. The van der Waals surface area contributed by atoms with Gasteiger partial charge in [0, 0.05) is 47.6 Å².